The molecule has 1 aromatic rings. The molecule has 17 heavy (non-hydrogen) atoms. The summed E-state index contributed by atoms with van der Waals surface area (Å²) < 4.78 is 4.87. The van der Waals surface area contributed by atoms with Crippen LogP contribution in [0.25, 0.3) is 0 Å². The predicted octanol–water partition coefficient (Wildman–Crippen LogP) is 2.21. The molecule has 0 aliphatic carbocycles. The zero-order valence-corrected chi connectivity index (χ0v) is 11.4. The van der Waals surface area contributed by atoms with Gasteiger partial charge in [-0.05, 0) is 12.1 Å². The number of hydrogen-bond acceptors (Lipinski definition) is 3. The Morgan fingerprint density at radius 3 is 2.47 bits per heavy atom. The van der Waals surface area contributed by atoms with Crippen LogP contribution in [0.2, 0.25) is 0 Å². The second-order valence-corrected chi connectivity index (χ2v) is 3.26. The quantitative estimate of drug-likeness (QED) is 0.795. The summed E-state index contributed by atoms with van der Waals surface area (Å²) >= 11 is 0. The Bertz CT molecular complexity index is 306. The molecule has 0 aromatic heterocycles. The van der Waals surface area contributed by atoms with Gasteiger partial charge >= 0.3 is 0 Å². The van der Waals surface area contributed by atoms with Gasteiger partial charge in [0.1, 0.15) is 6.10 Å². The summed E-state index contributed by atoms with van der Waals surface area (Å²) in [5.41, 5.74) is 0.715. The van der Waals surface area contributed by atoms with Gasteiger partial charge in [-0.15, -0.1) is 0 Å². The lowest BCUT2D eigenvalue weighted by Gasteiger charge is -2.13. The number of anilines is 1. The SMILES string of the molecule is CC.O=C(Nc1ccccc1)C(CCO)OP. The number of aliphatic hydroxyl groups excluding tert-OH is 1. The summed E-state index contributed by atoms with van der Waals surface area (Å²) in [6, 6.07) is 9.11. The molecule has 96 valence electrons. The minimum Gasteiger partial charge on any atom is -0.396 e. The summed E-state index contributed by atoms with van der Waals surface area (Å²) in [4.78, 5) is 11.6. The molecule has 4 nitrogen and oxygen atoms in total. The minimum absolute atomic E-state index is 0.0821. The van der Waals surface area contributed by atoms with E-state index in [4.69, 9.17) is 9.63 Å². The molecule has 2 unspecified atom stereocenters. The fraction of sp³-hybridized carbons (Fsp3) is 0.417. The first kappa shape index (κ1) is 16.0. The van der Waals surface area contributed by atoms with Crippen molar-refractivity contribution in [2.75, 3.05) is 11.9 Å². The number of hydrogen-bond donors (Lipinski definition) is 2. The van der Waals surface area contributed by atoms with Crippen LogP contribution in [-0.4, -0.2) is 23.7 Å². The second kappa shape index (κ2) is 10.2. The van der Waals surface area contributed by atoms with Gasteiger partial charge in [0, 0.05) is 28.2 Å². The van der Waals surface area contributed by atoms with Gasteiger partial charge in [0.2, 0.25) is 0 Å². The van der Waals surface area contributed by atoms with Crippen molar-refractivity contribution in [3.63, 3.8) is 0 Å². The average Bonchev–Trinajstić information content (AvgIpc) is 2.39. The maximum Gasteiger partial charge on any atom is 0.253 e. The third-order valence-electron chi connectivity index (χ3n) is 1.89. The van der Waals surface area contributed by atoms with Crippen LogP contribution in [0.1, 0.15) is 20.3 Å². The van der Waals surface area contributed by atoms with Gasteiger partial charge in [-0.1, -0.05) is 32.0 Å². The lowest BCUT2D eigenvalue weighted by atomic mass is 10.2. The number of amides is 1. The Morgan fingerprint density at radius 2 is 2.00 bits per heavy atom. The molecule has 0 radical (unpaired) electrons. The molecule has 1 aromatic carbocycles. The van der Waals surface area contributed by atoms with E-state index in [2.05, 4.69) is 5.32 Å². The van der Waals surface area contributed by atoms with Crippen LogP contribution in [0, 0.1) is 0 Å². The molecule has 5 heteroatoms. The smallest absolute Gasteiger partial charge is 0.253 e. The molecule has 0 aliphatic heterocycles. The number of carbonyl (C=O) groups is 1. The van der Waals surface area contributed by atoms with E-state index in [1.807, 2.05) is 41.5 Å². The molecular weight excluding hydrogens is 237 g/mol. The van der Waals surface area contributed by atoms with Gasteiger partial charge in [-0.3, -0.25) is 4.79 Å². The van der Waals surface area contributed by atoms with E-state index in [1.54, 1.807) is 12.1 Å². The topological polar surface area (TPSA) is 58.6 Å². The molecule has 0 heterocycles. The van der Waals surface area contributed by atoms with E-state index >= 15 is 0 Å². The van der Waals surface area contributed by atoms with Gasteiger partial charge in [-0.2, -0.15) is 0 Å². The first-order chi connectivity index (χ1) is 8.27. The summed E-state index contributed by atoms with van der Waals surface area (Å²) in [6.45, 7) is 3.92. The second-order valence-electron chi connectivity index (χ2n) is 2.99. The molecule has 2 N–H and O–H groups in total. The molecule has 2 atom stereocenters. The fourth-order valence-electron chi connectivity index (χ4n) is 1.12. The number of nitrogens with one attached hydrogen (secondary N) is 1. The van der Waals surface area contributed by atoms with Crippen LogP contribution in [0.3, 0.4) is 0 Å². The minimum atomic E-state index is -0.639. The van der Waals surface area contributed by atoms with Crippen LogP contribution in [-0.2, 0) is 9.32 Å². The van der Waals surface area contributed by atoms with Crippen molar-refractivity contribution in [1.29, 1.82) is 0 Å². The van der Waals surface area contributed by atoms with Crippen LogP contribution in [0.15, 0.2) is 30.3 Å². The van der Waals surface area contributed by atoms with Crippen molar-refractivity contribution in [3.8, 4) is 0 Å². The summed E-state index contributed by atoms with van der Waals surface area (Å²) in [7, 11) is 2.03. The van der Waals surface area contributed by atoms with Crippen molar-refractivity contribution < 1.29 is 14.4 Å². The Kier molecular flexibility index (Phi) is 9.63. The van der Waals surface area contributed by atoms with E-state index in [-0.39, 0.29) is 18.9 Å². The monoisotopic (exact) mass is 257 g/mol. The van der Waals surface area contributed by atoms with Crippen molar-refractivity contribution in [3.05, 3.63) is 30.3 Å². The standard InChI is InChI=1S/C10H14NO3P.C2H6/c12-7-6-9(14-15)10(13)11-8-4-2-1-3-5-8;1-2/h1-5,9,12H,6-7,15H2,(H,11,13);1-2H3. The molecule has 0 bridgehead atoms. The highest BCUT2D eigenvalue weighted by molar-refractivity contribution is 7.09. The number of carbonyl (C=O) groups excluding carboxylic acids is 1. The number of aliphatic hydroxyl groups is 1. The van der Waals surface area contributed by atoms with E-state index < -0.39 is 6.10 Å². The number of para-hydroxylation sites is 1. The highest BCUT2D eigenvalue weighted by Crippen LogP contribution is 2.09. The first-order valence-electron chi connectivity index (χ1n) is 5.60. The van der Waals surface area contributed by atoms with Crippen LogP contribution >= 0.6 is 9.47 Å². The lowest BCUT2D eigenvalue weighted by molar-refractivity contribution is -0.122. The van der Waals surface area contributed by atoms with Crippen LogP contribution in [0.5, 0.6) is 0 Å². The summed E-state index contributed by atoms with van der Waals surface area (Å²) in [5, 5.41) is 11.4. The van der Waals surface area contributed by atoms with Crippen LogP contribution < -0.4 is 5.32 Å². The summed E-state index contributed by atoms with van der Waals surface area (Å²) in [6.07, 6.45) is -0.359. The van der Waals surface area contributed by atoms with Crippen molar-refractivity contribution >= 4 is 21.1 Å². The van der Waals surface area contributed by atoms with Gasteiger partial charge in [0.25, 0.3) is 5.91 Å². The van der Waals surface area contributed by atoms with Gasteiger partial charge < -0.3 is 14.9 Å². The van der Waals surface area contributed by atoms with Crippen molar-refractivity contribution in [1.82, 2.24) is 0 Å². The predicted molar refractivity (Wildman–Crippen MR) is 72.7 cm³/mol. The molecule has 1 rings (SSSR count). The number of benzene rings is 1. The van der Waals surface area contributed by atoms with E-state index in [0.29, 0.717) is 5.69 Å². The Hall–Kier alpha value is -0.960. The highest BCUT2D eigenvalue weighted by Gasteiger charge is 2.16. The third kappa shape index (κ3) is 6.37. The normalized spacial score (nSPS) is 11.1. The van der Waals surface area contributed by atoms with E-state index in [9.17, 15) is 4.79 Å². The first-order valence-corrected chi connectivity index (χ1v) is 6.07. The van der Waals surface area contributed by atoms with Crippen molar-refractivity contribution in [2.45, 2.75) is 26.4 Å². The summed E-state index contributed by atoms with van der Waals surface area (Å²) in [5.74, 6) is -0.259. The fourth-order valence-corrected chi connectivity index (χ4v) is 1.38. The molecule has 0 aliphatic rings. The third-order valence-corrected chi connectivity index (χ3v) is 2.22. The van der Waals surface area contributed by atoms with E-state index in [1.165, 1.54) is 0 Å². The maximum absolute atomic E-state index is 11.6. The average molecular weight is 257 g/mol. The van der Waals surface area contributed by atoms with Gasteiger partial charge in [-0.25, -0.2) is 0 Å². The van der Waals surface area contributed by atoms with Crippen molar-refractivity contribution in [2.24, 2.45) is 0 Å². The number of rotatable bonds is 5. The molecule has 0 saturated heterocycles. The van der Waals surface area contributed by atoms with E-state index in [0.717, 1.165) is 0 Å². The molecular formula is C12H20NO3P. The lowest BCUT2D eigenvalue weighted by Crippen LogP contribution is -2.29. The molecule has 0 spiro atoms. The van der Waals surface area contributed by atoms with Gasteiger partial charge in [0.05, 0.1) is 0 Å². The molecule has 0 fully saturated rings. The molecule has 0 saturated carbocycles. The zero-order chi connectivity index (χ0) is 13.1. The van der Waals surface area contributed by atoms with Crippen LogP contribution in [0.4, 0.5) is 5.69 Å². The largest absolute Gasteiger partial charge is 0.396 e. The Balaban J connectivity index is 0.00000121. The highest BCUT2D eigenvalue weighted by atomic mass is 31.0. The maximum atomic E-state index is 11.6. The Morgan fingerprint density at radius 1 is 1.41 bits per heavy atom. The van der Waals surface area contributed by atoms with Gasteiger partial charge in [0.15, 0.2) is 0 Å². The zero-order valence-electron chi connectivity index (χ0n) is 10.2. The molecule has 1 amide bonds. The Labute approximate surface area is 105 Å².